The second-order valence-electron chi connectivity index (χ2n) is 4.02. The van der Waals surface area contributed by atoms with Crippen LogP contribution in [0.5, 0.6) is 0 Å². The highest BCUT2D eigenvalue weighted by atomic mass is 35.5. The van der Waals surface area contributed by atoms with E-state index in [1.807, 2.05) is 30.3 Å². The zero-order chi connectivity index (χ0) is 13.2. The van der Waals surface area contributed by atoms with E-state index in [2.05, 4.69) is 4.98 Å². The van der Waals surface area contributed by atoms with Gasteiger partial charge in [0.05, 0.1) is 0 Å². The lowest BCUT2D eigenvalue weighted by molar-refractivity contribution is 0.572. The van der Waals surface area contributed by atoms with Gasteiger partial charge in [0.25, 0.3) is 5.35 Å². The fourth-order valence-corrected chi connectivity index (χ4v) is 2.07. The Hall–Kier alpha value is -2.13. The largest absolute Gasteiger partial charge is 0.427 e. The van der Waals surface area contributed by atoms with Gasteiger partial charge < -0.3 is 4.42 Å². The molecule has 0 amide bonds. The lowest BCUT2D eigenvalue weighted by atomic mass is 10.1. The minimum absolute atomic E-state index is 0.0399. The Morgan fingerprint density at radius 2 is 1.68 bits per heavy atom. The number of hydrogen-bond acceptors (Lipinski definition) is 2. The van der Waals surface area contributed by atoms with Crippen LogP contribution < -0.4 is 0 Å². The molecular weight excluding hydrogens is 265 g/mol. The van der Waals surface area contributed by atoms with Crippen molar-refractivity contribution in [1.29, 1.82) is 0 Å². The lowest BCUT2D eigenvalue weighted by Gasteiger charge is -2.01. The predicted molar refractivity (Wildman–Crippen MR) is 72.3 cm³/mol. The van der Waals surface area contributed by atoms with E-state index < -0.39 is 0 Å². The van der Waals surface area contributed by atoms with Crippen LogP contribution >= 0.6 is 11.6 Å². The van der Waals surface area contributed by atoms with Crippen molar-refractivity contribution in [2.75, 3.05) is 0 Å². The molecule has 0 aliphatic rings. The monoisotopic (exact) mass is 273 g/mol. The van der Waals surface area contributed by atoms with Gasteiger partial charge in [-0.1, -0.05) is 42.5 Å². The molecule has 0 bridgehead atoms. The van der Waals surface area contributed by atoms with Crippen LogP contribution in [0, 0.1) is 5.82 Å². The zero-order valence-corrected chi connectivity index (χ0v) is 10.6. The highest BCUT2D eigenvalue weighted by molar-refractivity contribution is 6.28. The number of nitrogens with zero attached hydrogens (tertiary/aromatic N) is 1. The van der Waals surface area contributed by atoms with Gasteiger partial charge in [0.15, 0.2) is 5.76 Å². The normalized spacial score (nSPS) is 10.6. The molecule has 2 nitrogen and oxygen atoms in total. The molecule has 0 N–H and O–H groups in total. The van der Waals surface area contributed by atoms with Gasteiger partial charge in [-0.05, 0) is 23.7 Å². The summed E-state index contributed by atoms with van der Waals surface area (Å²) in [6, 6.07) is 15.6. The van der Waals surface area contributed by atoms with Gasteiger partial charge >= 0.3 is 0 Å². The highest BCUT2D eigenvalue weighted by Crippen LogP contribution is 2.34. The SMILES string of the molecule is Fc1cccc(-c2oc(Cl)nc2-c2ccccc2)c1. The number of halogens is 2. The third kappa shape index (κ3) is 2.37. The summed E-state index contributed by atoms with van der Waals surface area (Å²) in [5.74, 6) is 0.139. The van der Waals surface area contributed by atoms with Crippen LogP contribution in [0.3, 0.4) is 0 Å². The fourth-order valence-electron chi connectivity index (χ4n) is 1.91. The van der Waals surface area contributed by atoms with Crippen molar-refractivity contribution in [3.8, 4) is 22.6 Å². The summed E-state index contributed by atoms with van der Waals surface area (Å²) in [5, 5.41) is 0.0399. The second kappa shape index (κ2) is 4.86. The Balaban J connectivity index is 2.18. The van der Waals surface area contributed by atoms with Gasteiger partial charge in [0.1, 0.15) is 11.5 Å². The van der Waals surface area contributed by atoms with Gasteiger partial charge in [-0.25, -0.2) is 4.39 Å². The van der Waals surface area contributed by atoms with Crippen molar-refractivity contribution in [2.45, 2.75) is 0 Å². The molecule has 0 aliphatic heterocycles. The first-order valence-electron chi connectivity index (χ1n) is 5.72. The Morgan fingerprint density at radius 3 is 2.42 bits per heavy atom. The molecule has 0 fully saturated rings. The number of hydrogen-bond donors (Lipinski definition) is 0. The van der Waals surface area contributed by atoms with E-state index in [9.17, 15) is 4.39 Å². The Morgan fingerprint density at radius 1 is 0.947 bits per heavy atom. The predicted octanol–water partition coefficient (Wildman–Crippen LogP) is 4.80. The number of aromatic nitrogens is 1. The van der Waals surface area contributed by atoms with Crippen molar-refractivity contribution in [2.24, 2.45) is 0 Å². The van der Waals surface area contributed by atoms with Gasteiger partial charge in [0, 0.05) is 11.1 Å². The van der Waals surface area contributed by atoms with Crippen LogP contribution in [0.2, 0.25) is 5.35 Å². The Kier molecular flexibility index (Phi) is 3.05. The molecule has 3 aromatic rings. The first-order valence-corrected chi connectivity index (χ1v) is 6.09. The van der Waals surface area contributed by atoms with Crippen LogP contribution in [-0.4, -0.2) is 4.98 Å². The van der Waals surface area contributed by atoms with Crippen molar-refractivity contribution >= 4 is 11.6 Å². The van der Waals surface area contributed by atoms with E-state index >= 15 is 0 Å². The van der Waals surface area contributed by atoms with Gasteiger partial charge in [0.2, 0.25) is 0 Å². The smallest absolute Gasteiger partial charge is 0.293 e. The molecule has 0 saturated carbocycles. The van der Waals surface area contributed by atoms with E-state index in [1.54, 1.807) is 12.1 Å². The van der Waals surface area contributed by atoms with Crippen LogP contribution in [0.4, 0.5) is 4.39 Å². The van der Waals surface area contributed by atoms with E-state index in [0.717, 1.165) is 5.56 Å². The second-order valence-corrected chi connectivity index (χ2v) is 4.34. The lowest BCUT2D eigenvalue weighted by Crippen LogP contribution is -1.83. The van der Waals surface area contributed by atoms with Gasteiger partial charge in [-0.2, -0.15) is 4.98 Å². The third-order valence-electron chi connectivity index (χ3n) is 2.74. The molecule has 0 aliphatic carbocycles. The third-order valence-corrected chi connectivity index (χ3v) is 2.90. The van der Waals surface area contributed by atoms with E-state index in [1.165, 1.54) is 12.1 Å². The molecule has 19 heavy (non-hydrogen) atoms. The molecule has 0 unspecified atom stereocenters. The van der Waals surface area contributed by atoms with E-state index in [0.29, 0.717) is 17.0 Å². The molecule has 0 radical (unpaired) electrons. The summed E-state index contributed by atoms with van der Waals surface area (Å²) in [5.41, 5.74) is 2.09. The number of benzene rings is 2. The van der Waals surface area contributed by atoms with E-state index in [-0.39, 0.29) is 11.2 Å². The molecule has 4 heteroatoms. The van der Waals surface area contributed by atoms with E-state index in [4.69, 9.17) is 16.0 Å². The summed E-state index contributed by atoms with van der Waals surface area (Å²) < 4.78 is 18.7. The molecule has 1 aromatic heterocycles. The maximum absolute atomic E-state index is 13.3. The van der Waals surface area contributed by atoms with Crippen LogP contribution in [0.1, 0.15) is 0 Å². The van der Waals surface area contributed by atoms with Gasteiger partial charge in [-0.15, -0.1) is 0 Å². The summed E-state index contributed by atoms with van der Waals surface area (Å²) in [4.78, 5) is 4.16. The molecule has 1 heterocycles. The topological polar surface area (TPSA) is 26.0 Å². The summed E-state index contributed by atoms with van der Waals surface area (Å²) >= 11 is 5.83. The maximum atomic E-state index is 13.3. The molecular formula is C15H9ClFNO. The van der Waals surface area contributed by atoms with Crippen molar-refractivity contribution in [1.82, 2.24) is 4.98 Å². The molecule has 0 saturated heterocycles. The molecule has 0 atom stereocenters. The first-order chi connectivity index (χ1) is 9.24. The first kappa shape index (κ1) is 11.9. The fraction of sp³-hybridized carbons (Fsp3) is 0. The molecule has 3 rings (SSSR count). The minimum atomic E-state index is -0.330. The van der Waals surface area contributed by atoms with Crippen molar-refractivity contribution < 1.29 is 8.81 Å². The van der Waals surface area contributed by atoms with Crippen LogP contribution in [-0.2, 0) is 0 Å². The summed E-state index contributed by atoms with van der Waals surface area (Å²) in [6.07, 6.45) is 0. The number of rotatable bonds is 2. The van der Waals surface area contributed by atoms with Crippen LogP contribution in [0.15, 0.2) is 59.0 Å². The maximum Gasteiger partial charge on any atom is 0.293 e. The minimum Gasteiger partial charge on any atom is -0.427 e. The molecule has 2 aromatic carbocycles. The quantitative estimate of drug-likeness (QED) is 0.670. The van der Waals surface area contributed by atoms with Crippen molar-refractivity contribution in [3.05, 3.63) is 65.8 Å². The average molecular weight is 274 g/mol. The summed E-state index contributed by atoms with van der Waals surface area (Å²) in [7, 11) is 0. The Labute approximate surface area is 114 Å². The average Bonchev–Trinajstić information content (AvgIpc) is 2.82. The van der Waals surface area contributed by atoms with Crippen molar-refractivity contribution in [3.63, 3.8) is 0 Å². The van der Waals surface area contributed by atoms with Gasteiger partial charge in [-0.3, -0.25) is 0 Å². The summed E-state index contributed by atoms with van der Waals surface area (Å²) in [6.45, 7) is 0. The number of oxazole rings is 1. The standard InChI is InChI=1S/C15H9ClFNO/c16-15-18-13(10-5-2-1-3-6-10)14(19-15)11-7-4-8-12(17)9-11/h1-9H. The Bertz CT molecular complexity index is 709. The highest BCUT2D eigenvalue weighted by Gasteiger charge is 2.16. The molecule has 0 spiro atoms. The zero-order valence-electron chi connectivity index (χ0n) is 9.81. The van der Waals surface area contributed by atoms with Crippen LogP contribution in [0.25, 0.3) is 22.6 Å². The molecule has 94 valence electrons.